The first-order valence-corrected chi connectivity index (χ1v) is 23.4. The monoisotopic (exact) mass is 609 g/mol. The summed E-state index contributed by atoms with van der Waals surface area (Å²) < 4.78 is 0. The Morgan fingerprint density at radius 1 is 0.387 bits per heavy atom. The van der Waals surface area contributed by atoms with E-state index in [0.29, 0.717) is 0 Å². The zero-order valence-corrected chi connectivity index (χ0v) is 30.6. The third-order valence-corrected chi connectivity index (χ3v) is 22.3. The summed E-state index contributed by atoms with van der Waals surface area (Å²) >= 11 is 0. The number of hydrogen-bond acceptors (Lipinski definition) is 0. The van der Waals surface area contributed by atoms with Crippen molar-refractivity contribution in [3.63, 3.8) is 0 Å². The molecule has 2 rings (SSSR count). The van der Waals surface area contributed by atoms with Crippen LogP contribution in [0.4, 0.5) is 0 Å². The van der Waals surface area contributed by atoms with Crippen LogP contribution in [0.5, 0.6) is 0 Å². The van der Waals surface area contributed by atoms with Crippen LogP contribution in [-0.4, -0.2) is 24.2 Å². The molecule has 8 unspecified atom stereocenters. The Balaban J connectivity index is 0.000000769. The van der Waals surface area contributed by atoms with Crippen LogP contribution in [0.2, 0.25) is 63.5 Å². The average molecular weight is 612 g/mol. The molecule has 0 N–H and O–H groups in total. The van der Waals surface area contributed by atoms with Crippen molar-refractivity contribution >= 4 is 24.2 Å². The van der Waals surface area contributed by atoms with Crippen molar-refractivity contribution in [2.75, 3.05) is 0 Å². The second-order valence-corrected chi connectivity index (χ2v) is 30.2. The Morgan fingerprint density at radius 3 is 0.710 bits per heavy atom. The molecule has 2 saturated carbocycles. The van der Waals surface area contributed by atoms with Crippen molar-refractivity contribution in [1.29, 1.82) is 0 Å². The minimum Gasteiger partial charge on any atom is -0.327 e. The van der Waals surface area contributed by atoms with Gasteiger partial charge in [-0.3, -0.25) is 0 Å². The van der Waals surface area contributed by atoms with Crippen LogP contribution in [0.25, 0.3) is 0 Å². The van der Waals surface area contributed by atoms with E-state index in [1.165, 1.54) is 0 Å². The molecule has 0 aromatic rings. The largest absolute Gasteiger partial charge is 3.00 e. The molecule has 0 spiro atoms. The van der Waals surface area contributed by atoms with E-state index in [-0.39, 0.29) is 40.8 Å². The molecule has 8 atom stereocenters. The van der Waals surface area contributed by atoms with E-state index >= 15 is 0 Å². The Kier molecular flexibility index (Phi) is 12.6. The summed E-state index contributed by atoms with van der Waals surface area (Å²) in [4.78, 5) is 0. The Hall–Kier alpha value is 2.00. The van der Waals surface area contributed by atoms with Gasteiger partial charge in [-0.15, -0.1) is 16.1 Å². The molecule has 2 aliphatic carbocycles. The average Bonchev–Trinajstić information content (AvgIpc) is 2.85. The first-order valence-electron chi connectivity index (χ1n) is 13.1. The van der Waals surface area contributed by atoms with Crippen LogP contribution in [-0.2, 0) is 0 Å². The van der Waals surface area contributed by atoms with Crippen molar-refractivity contribution in [2.24, 2.45) is 47.3 Å². The fraction of sp³-hybridized carbons (Fsp3) is 0.963. The van der Waals surface area contributed by atoms with Crippen LogP contribution >= 0.6 is 0 Å². The van der Waals surface area contributed by atoms with Crippen molar-refractivity contribution < 1.29 is 40.8 Å². The summed E-state index contributed by atoms with van der Waals surface area (Å²) in [6, 6.07) is 0. The van der Waals surface area contributed by atoms with Crippen LogP contribution < -0.4 is 0 Å². The summed E-state index contributed by atoms with van der Waals surface area (Å²) in [5, 5.41) is 0. The fourth-order valence-electron chi connectivity index (χ4n) is 8.41. The maximum Gasteiger partial charge on any atom is 3.00 e. The van der Waals surface area contributed by atoms with E-state index in [1.807, 2.05) is 0 Å². The molecule has 0 saturated heterocycles. The molecule has 0 aliphatic heterocycles. The zero-order chi connectivity index (χ0) is 24.0. The van der Waals surface area contributed by atoms with E-state index in [0.717, 1.165) is 58.4 Å². The third kappa shape index (κ3) is 8.00. The number of hydrogen-bond donors (Lipinski definition) is 0. The van der Waals surface area contributed by atoms with Crippen LogP contribution in [0.15, 0.2) is 0 Å². The van der Waals surface area contributed by atoms with Crippen LogP contribution in [0.1, 0.15) is 55.4 Å². The molecule has 181 valence electrons. The van der Waals surface area contributed by atoms with Crippen LogP contribution in [0.3, 0.4) is 0 Å². The van der Waals surface area contributed by atoms with E-state index in [2.05, 4.69) is 113 Å². The summed E-state index contributed by atoms with van der Waals surface area (Å²) in [6.45, 7) is 40.3. The fourth-order valence-corrected chi connectivity index (χ4v) is 25.9. The molecule has 0 amide bonds. The predicted molar refractivity (Wildman–Crippen MR) is 149 cm³/mol. The van der Waals surface area contributed by atoms with Gasteiger partial charge in [-0.1, -0.05) is 108 Å². The smallest absolute Gasteiger partial charge is 0.327 e. The Morgan fingerprint density at radius 2 is 0.581 bits per heavy atom. The van der Waals surface area contributed by atoms with Gasteiger partial charge in [0.05, 0.1) is 8.07 Å². The molecule has 0 aromatic carbocycles. The Labute approximate surface area is 234 Å². The van der Waals surface area contributed by atoms with Gasteiger partial charge >= 0.3 is 40.8 Å². The van der Waals surface area contributed by atoms with Gasteiger partial charge in [0, 0.05) is 0 Å². The number of rotatable bonds is 4. The summed E-state index contributed by atoms with van der Waals surface area (Å²) in [5.41, 5.74) is 4.70. The van der Waals surface area contributed by atoms with Gasteiger partial charge in [-0.2, -0.15) is 0 Å². The normalized spacial score (nSPS) is 41.4. The van der Waals surface area contributed by atoms with Crippen molar-refractivity contribution in [2.45, 2.75) is 119 Å². The topological polar surface area (TPSA) is 0 Å². The maximum absolute atomic E-state index is 2.75. The van der Waals surface area contributed by atoms with Crippen molar-refractivity contribution in [1.82, 2.24) is 0 Å². The van der Waals surface area contributed by atoms with Gasteiger partial charge in [0.1, 0.15) is 0 Å². The second kappa shape index (κ2) is 11.8. The van der Waals surface area contributed by atoms with Gasteiger partial charge in [0.2, 0.25) is 0 Å². The van der Waals surface area contributed by atoms with E-state index < -0.39 is 24.2 Å². The minimum absolute atomic E-state index is 0. The third-order valence-electron chi connectivity index (χ3n) is 9.83. The van der Waals surface area contributed by atoms with Gasteiger partial charge in [0.15, 0.2) is 0 Å². The summed E-state index contributed by atoms with van der Waals surface area (Å²) in [6.07, 6.45) is 0. The molecular weight excluding hydrogens is 553 g/mol. The van der Waals surface area contributed by atoms with Crippen molar-refractivity contribution in [3.05, 3.63) is 5.67 Å². The SMILES string of the molecule is CC1C(C)C(C)C([Si](C)(C)C2C(C)C(C)C(C)C2C)C1C.C[Si](C)(C)[CH-][Si](C)(C)C.[Nd+3]. The molecule has 31 heavy (non-hydrogen) atoms. The first kappa shape index (κ1) is 33.0. The molecule has 2 aliphatic rings. The molecule has 2 fully saturated rings. The first-order chi connectivity index (χ1) is 13.2. The molecule has 0 heterocycles. The molecule has 0 nitrogen and oxygen atoms in total. The summed E-state index contributed by atoms with van der Waals surface area (Å²) in [5.74, 6) is 7.39. The van der Waals surface area contributed by atoms with E-state index in [1.54, 1.807) is 0 Å². The molecular formula is C27H59NdSi3+2. The minimum atomic E-state index is -1.26. The van der Waals surface area contributed by atoms with Crippen molar-refractivity contribution in [3.8, 4) is 0 Å². The Bertz CT molecular complexity index is 474. The van der Waals surface area contributed by atoms with Gasteiger partial charge in [0.25, 0.3) is 0 Å². The molecule has 4 heteroatoms. The molecule has 0 aromatic heterocycles. The van der Waals surface area contributed by atoms with E-state index in [4.69, 9.17) is 0 Å². The van der Waals surface area contributed by atoms with E-state index in [9.17, 15) is 0 Å². The second-order valence-electron chi connectivity index (χ2n) is 14.6. The molecule has 1 radical (unpaired) electrons. The predicted octanol–water partition coefficient (Wildman–Crippen LogP) is 9.50. The van der Waals surface area contributed by atoms with Gasteiger partial charge in [-0.05, 0) is 58.4 Å². The maximum atomic E-state index is 2.75. The standard InChI is InChI=1S/C20H40Si.C7H19Si2.Nd/c1-11-12(2)16(6)19(15(11)5)21(9,10)20-17(7)13(3)14(4)18(20)8;1-8(2,3)7-9(4,5)6;/h11-20H,1-10H3;7H,1-6H3;/q;-1;+3. The van der Waals surface area contributed by atoms with Gasteiger partial charge in [-0.25, -0.2) is 0 Å². The van der Waals surface area contributed by atoms with Gasteiger partial charge < -0.3 is 5.67 Å². The van der Waals surface area contributed by atoms with Crippen LogP contribution in [0, 0.1) is 93.8 Å². The zero-order valence-electron chi connectivity index (χ0n) is 24.4. The summed E-state index contributed by atoms with van der Waals surface area (Å²) in [7, 11) is -2.97. The quantitative estimate of drug-likeness (QED) is 0.219. The molecule has 0 bridgehead atoms.